The van der Waals surface area contributed by atoms with Gasteiger partial charge in [-0.15, -0.1) is 0 Å². The molecule has 3 heterocycles. The fraction of sp³-hybridized carbons (Fsp3) is 0.333. The van der Waals surface area contributed by atoms with Crippen molar-refractivity contribution in [3.63, 3.8) is 0 Å². The van der Waals surface area contributed by atoms with Gasteiger partial charge in [-0.1, -0.05) is 0 Å². The summed E-state index contributed by atoms with van der Waals surface area (Å²) < 4.78 is 3.36. The van der Waals surface area contributed by atoms with Crippen molar-refractivity contribution in [2.75, 3.05) is 18.4 Å². The van der Waals surface area contributed by atoms with Gasteiger partial charge in [-0.2, -0.15) is 5.10 Å². The van der Waals surface area contributed by atoms with Gasteiger partial charge in [0.05, 0.1) is 0 Å². The molecule has 0 fully saturated rings. The van der Waals surface area contributed by atoms with Gasteiger partial charge in [-0.05, 0) is 13.8 Å². The second-order valence-electron chi connectivity index (χ2n) is 5.37. The van der Waals surface area contributed by atoms with E-state index in [1.54, 1.807) is 6.20 Å². The molecule has 25 heavy (non-hydrogen) atoms. The molecule has 0 spiro atoms. The van der Waals surface area contributed by atoms with Gasteiger partial charge in [0.25, 0.3) is 0 Å². The molecular formula is C15H19N9O. The summed E-state index contributed by atoms with van der Waals surface area (Å²) in [5, 5.41) is 9.88. The van der Waals surface area contributed by atoms with Crippen molar-refractivity contribution in [3.05, 3.63) is 42.8 Å². The van der Waals surface area contributed by atoms with Crippen molar-refractivity contribution in [2.45, 2.75) is 20.4 Å². The zero-order valence-electron chi connectivity index (χ0n) is 14.0. The Morgan fingerprint density at radius 3 is 2.84 bits per heavy atom. The Morgan fingerprint density at radius 2 is 2.12 bits per heavy atom. The van der Waals surface area contributed by atoms with Crippen LogP contribution >= 0.6 is 0 Å². The van der Waals surface area contributed by atoms with Crippen molar-refractivity contribution in [1.82, 2.24) is 39.6 Å². The molecule has 0 radical (unpaired) electrons. The lowest BCUT2D eigenvalue weighted by Crippen LogP contribution is -2.32. The maximum absolute atomic E-state index is 11.8. The van der Waals surface area contributed by atoms with Crippen LogP contribution in [0.2, 0.25) is 0 Å². The first-order chi connectivity index (χ1) is 12.1. The fourth-order valence-corrected chi connectivity index (χ4v) is 2.30. The normalized spacial score (nSPS) is 10.6. The number of nitrogens with zero attached hydrogens (tertiary/aromatic N) is 7. The topological polar surface area (TPSA) is 115 Å². The van der Waals surface area contributed by atoms with Gasteiger partial charge in [0.2, 0.25) is 5.91 Å². The summed E-state index contributed by atoms with van der Waals surface area (Å²) in [6.07, 6.45) is 6.47. The lowest BCUT2D eigenvalue weighted by Gasteiger charge is -2.10. The standard InChI is InChI=1S/C15H19N9O/c1-11-21-13(7-14(22-11)24-6-5-17-12(24)2)18-3-4-19-15(25)8-23-10-16-9-20-23/h5-7,9-10H,3-4,8H2,1-2H3,(H,19,25)(H,18,21,22). The maximum atomic E-state index is 11.8. The van der Waals surface area contributed by atoms with Crippen LogP contribution in [0.5, 0.6) is 0 Å². The van der Waals surface area contributed by atoms with E-state index >= 15 is 0 Å². The van der Waals surface area contributed by atoms with Gasteiger partial charge in [0.1, 0.15) is 42.5 Å². The number of aromatic nitrogens is 7. The van der Waals surface area contributed by atoms with Crippen molar-refractivity contribution < 1.29 is 4.79 Å². The molecule has 130 valence electrons. The minimum Gasteiger partial charge on any atom is -0.368 e. The van der Waals surface area contributed by atoms with Gasteiger partial charge in [0, 0.05) is 31.5 Å². The third kappa shape index (κ3) is 4.37. The van der Waals surface area contributed by atoms with E-state index in [1.165, 1.54) is 17.3 Å². The monoisotopic (exact) mass is 341 g/mol. The van der Waals surface area contributed by atoms with Crippen molar-refractivity contribution in [1.29, 1.82) is 0 Å². The highest BCUT2D eigenvalue weighted by atomic mass is 16.2. The van der Waals surface area contributed by atoms with Gasteiger partial charge < -0.3 is 10.6 Å². The van der Waals surface area contributed by atoms with Gasteiger partial charge in [0.15, 0.2) is 0 Å². The number of rotatable bonds is 7. The zero-order valence-corrected chi connectivity index (χ0v) is 14.0. The number of carbonyl (C=O) groups excluding carboxylic acids is 1. The highest BCUT2D eigenvalue weighted by Gasteiger charge is 2.06. The number of imidazole rings is 1. The van der Waals surface area contributed by atoms with Crippen LogP contribution in [-0.4, -0.2) is 53.3 Å². The molecule has 0 aliphatic rings. The van der Waals surface area contributed by atoms with E-state index in [1.807, 2.05) is 30.7 Å². The Bertz CT molecular complexity index is 841. The summed E-state index contributed by atoms with van der Waals surface area (Å²) in [6.45, 7) is 4.91. The number of nitrogens with one attached hydrogen (secondary N) is 2. The highest BCUT2D eigenvalue weighted by molar-refractivity contribution is 5.75. The first kappa shape index (κ1) is 16.6. The van der Waals surface area contributed by atoms with Gasteiger partial charge >= 0.3 is 0 Å². The van der Waals surface area contributed by atoms with Gasteiger partial charge in [-0.25, -0.2) is 24.6 Å². The molecule has 0 saturated carbocycles. The molecule has 0 bridgehead atoms. The van der Waals surface area contributed by atoms with E-state index in [2.05, 4.69) is 35.7 Å². The van der Waals surface area contributed by atoms with Crippen LogP contribution in [0.25, 0.3) is 5.82 Å². The summed E-state index contributed by atoms with van der Waals surface area (Å²) in [5.74, 6) is 2.83. The third-order valence-electron chi connectivity index (χ3n) is 3.42. The Kier molecular flexibility index (Phi) is 4.97. The number of hydrogen-bond donors (Lipinski definition) is 2. The van der Waals surface area contributed by atoms with Crippen molar-refractivity contribution in [3.8, 4) is 5.82 Å². The minimum atomic E-state index is -0.124. The van der Waals surface area contributed by atoms with E-state index in [9.17, 15) is 4.79 Å². The summed E-state index contributed by atoms with van der Waals surface area (Å²) >= 11 is 0. The zero-order chi connectivity index (χ0) is 17.6. The Morgan fingerprint density at radius 1 is 1.24 bits per heavy atom. The molecule has 0 aromatic carbocycles. The highest BCUT2D eigenvalue weighted by Crippen LogP contribution is 2.12. The molecule has 1 amide bonds. The van der Waals surface area contributed by atoms with Crippen molar-refractivity contribution in [2.24, 2.45) is 0 Å². The Labute approximate surface area is 144 Å². The fourth-order valence-electron chi connectivity index (χ4n) is 2.30. The lowest BCUT2D eigenvalue weighted by molar-refractivity contribution is -0.121. The SMILES string of the molecule is Cc1nc(NCCNC(=O)Cn2cncn2)cc(-n2ccnc2C)n1. The summed E-state index contributed by atoms with van der Waals surface area (Å²) in [5.41, 5.74) is 0. The van der Waals surface area contributed by atoms with E-state index < -0.39 is 0 Å². The van der Waals surface area contributed by atoms with Crippen LogP contribution in [0.1, 0.15) is 11.6 Å². The number of amides is 1. The molecule has 0 unspecified atom stereocenters. The Balaban J connectivity index is 1.52. The minimum absolute atomic E-state index is 0.124. The van der Waals surface area contributed by atoms with Gasteiger partial charge in [-0.3, -0.25) is 9.36 Å². The van der Waals surface area contributed by atoms with E-state index in [-0.39, 0.29) is 12.5 Å². The van der Waals surface area contributed by atoms with E-state index in [0.29, 0.717) is 24.7 Å². The smallest absolute Gasteiger partial charge is 0.241 e. The lowest BCUT2D eigenvalue weighted by atomic mass is 10.4. The quantitative estimate of drug-likeness (QED) is 0.586. The van der Waals surface area contributed by atoms with Crippen LogP contribution in [0, 0.1) is 13.8 Å². The predicted octanol–water partition coefficient (Wildman–Crippen LogP) is 0.0989. The average Bonchev–Trinajstić information content (AvgIpc) is 3.22. The first-order valence-electron chi connectivity index (χ1n) is 7.81. The molecule has 0 aliphatic carbocycles. The molecular weight excluding hydrogens is 322 g/mol. The Hall–Kier alpha value is -3.30. The van der Waals surface area contributed by atoms with Crippen LogP contribution in [0.4, 0.5) is 5.82 Å². The predicted molar refractivity (Wildman–Crippen MR) is 90.1 cm³/mol. The van der Waals surface area contributed by atoms with Crippen LogP contribution < -0.4 is 10.6 Å². The molecule has 2 N–H and O–H groups in total. The largest absolute Gasteiger partial charge is 0.368 e. The number of carbonyl (C=O) groups is 1. The molecule has 3 aromatic heterocycles. The molecule has 10 nitrogen and oxygen atoms in total. The van der Waals surface area contributed by atoms with E-state index in [4.69, 9.17) is 0 Å². The maximum Gasteiger partial charge on any atom is 0.241 e. The van der Waals surface area contributed by atoms with Crippen LogP contribution in [-0.2, 0) is 11.3 Å². The third-order valence-corrected chi connectivity index (χ3v) is 3.42. The van der Waals surface area contributed by atoms with Crippen LogP contribution in [0.15, 0.2) is 31.1 Å². The molecule has 0 atom stereocenters. The van der Waals surface area contributed by atoms with E-state index in [0.717, 1.165) is 11.6 Å². The molecule has 0 saturated heterocycles. The summed E-state index contributed by atoms with van der Waals surface area (Å²) in [4.78, 5) is 28.5. The molecule has 0 aliphatic heterocycles. The molecule has 10 heteroatoms. The molecule has 3 rings (SSSR count). The summed E-state index contributed by atoms with van der Waals surface area (Å²) in [6, 6.07) is 1.85. The van der Waals surface area contributed by atoms with Crippen molar-refractivity contribution >= 4 is 11.7 Å². The number of hydrogen-bond acceptors (Lipinski definition) is 7. The number of anilines is 1. The first-order valence-corrected chi connectivity index (χ1v) is 7.81. The second kappa shape index (κ2) is 7.51. The summed E-state index contributed by atoms with van der Waals surface area (Å²) in [7, 11) is 0. The second-order valence-corrected chi connectivity index (χ2v) is 5.37. The molecule has 3 aromatic rings. The van der Waals surface area contributed by atoms with Crippen LogP contribution in [0.3, 0.4) is 0 Å². The number of aryl methyl sites for hydroxylation is 2. The average molecular weight is 341 g/mol.